The molecular formula is C31H37NO4Si. The Bertz CT molecular complexity index is 1240. The topological polar surface area (TPSA) is 67.8 Å². The first-order chi connectivity index (χ1) is 17.6. The molecule has 37 heavy (non-hydrogen) atoms. The lowest BCUT2D eigenvalue weighted by atomic mass is 9.99. The van der Waals surface area contributed by atoms with Crippen LogP contribution in [0.5, 0.6) is 0 Å². The molecule has 0 aliphatic carbocycles. The molecule has 2 N–H and O–H groups in total. The molecule has 0 fully saturated rings. The van der Waals surface area contributed by atoms with E-state index in [9.17, 15) is 9.90 Å². The van der Waals surface area contributed by atoms with E-state index in [1.165, 1.54) is 0 Å². The van der Waals surface area contributed by atoms with Gasteiger partial charge in [0.15, 0.2) is 8.32 Å². The van der Waals surface area contributed by atoms with Crippen LogP contribution < -0.4 is 5.32 Å². The summed E-state index contributed by atoms with van der Waals surface area (Å²) in [6.45, 7) is 12.1. The van der Waals surface area contributed by atoms with Crippen molar-refractivity contribution in [3.8, 4) is 23.0 Å². The number of rotatable bonds is 8. The van der Waals surface area contributed by atoms with Crippen molar-refractivity contribution in [1.82, 2.24) is 5.32 Å². The molecule has 6 heteroatoms. The number of carbonyl (C=O) groups is 1. The van der Waals surface area contributed by atoms with E-state index in [2.05, 4.69) is 75.3 Å². The summed E-state index contributed by atoms with van der Waals surface area (Å²) in [5.41, 5.74) is 5.60. The van der Waals surface area contributed by atoms with Gasteiger partial charge >= 0.3 is 6.09 Å². The molecule has 0 spiro atoms. The molecule has 0 saturated carbocycles. The van der Waals surface area contributed by atoms with Crippen molar-refractivity contribution < 1.29 is 19.1 Å². The van der Waals surface area contributed by atoms with Gasteiger partial charge in [0.1, 0.15) is 6.61 Å². The van der Waals surface area contributed by atoms with Gasteiger partial charge in [-0.1, -0.05) is 99.3 Å². The number of hydrogen-bond donors (Lipinski definition) is 2. The van der Waals surface area contributed by atoms with Crippen molar-refractivity contribution in [2.45, 2.75) is 58.7 Å². The van der Waals surface area contributed by atoms with Gasteiger partial charge in [0.25, 0.3) is 0 Å². The van der Waals surface area contributed by atoms with E-state index in [0.717, 1.165) is 33.4 Å². The summed E-state index contributed by atoms with van der Waals surface area (Å²) in [6, 6.07) is 23.7. The van der Waals surface area contributed by atoms with Gasteiger partial charge < -0.3 is 19.6 Å². The molecule has 3 rings (SSSR count). The Labute approximate surface area is 222 Å². The minimum absolute atomic E-state index is 0.111. The van der Waals surface area contributed by atoms with Crippen molar-refractivity contribution in [3.05, 3.63) is 95.1 Å². The molecule has 194 valence electrons. The van der Waals surface area contributed by atoms with Crippen LogP contribution in [0.2, 0.25) is 18.1 Å². The van der Waals surface area contributed by atoms with E-state index in [4.69, 9.17) is 9.16 Å². The zero-order valence-corrected chi connectivity index (χ0v) is 23.4. The van der Waals surface area contributed by atoms with Gasteiger partial charge in [0.2, 0.25) is 0 Å². The maximum atomic E-state index is 11.9. The summed E-state index contributed by atoms with van der Waals surface area (Å²) < 4.78 is 11.5. The number of alkyl carbamates (subject to hydrolysis) is 1. The van der Waals surface area contributed by atoms with E-state index < -0.39 is 14.4 Å². The lowest BCUT2D eigenvalue weighted by Crippen LogP contribution is -2.40. The fraction of sp³-hybridized carbons (Fsp3) is 0.323. The highest BCUT2D eigenvalue weighted by Gasteiger charge is 2.36. The Kier molecular flexibility index (Phi) is 9.71. The van der Waals surface area contributed by atoms with Crippen LogP contribution in [0.1, 0.15) is 43.0 Å². The highest BCUT2D eigenvalue weighted by Crippen LogP contribution is 2.37. The number of benzene rings is 3. The minimum Gasteiger partial charge on any atom is -0.445 e. The first-order valence-electron chi connectivity index (χ1n) is 12.5. The normalized spacial score (nSPS) is 11.4. The Morgan fingerprint density at radius 1 is 0.919 bits per heavy atom. The Balaban J connectivity index is 1.60. The molecule has 1 amide bonds. The van der Waals surface area contributed by atoms with Crippen molar-refractivity contribution in [2.24, 2.45) is 0 Å². The maximum Gasteiger partial charge on any atom is 0.408 e. The van der Waals surface area contributed by atoms with Gasteiger partial charge in [-0.2, -0.15) is 0 Å². The second kappa shape index (κ2) is 12.7. The van der Waals surface area contributed by atoms with Crippen LogP contribution in [-0.2, 0) is 29.0 Å². The Morgan fingerprint density at radius 2 is 1.57 bits per heavy atom. The molecule has 0 heterocycles. The van der Waals surface area contributed by atoms with Gasteiger partial charge in [-0.25, -0.2) is 4.79 Å². The van der Waals surface area contributed by atoms with Gasteiger partial charge in [-0.3, -0.25) is 0 Å². The molecule has 3 aromatic carbocycles. The Hall–Kier alpha value is -3.37. The number of ether oxygens (including phenoxy) is 1. The zero-order chi connectivity index (χ0) is 26.9. The second-order valence-electron chi connectivity index (χ2n) is 10.5. The SMILES string of the molecule is CC(C)(C)[Si](C)(C)OCc1ccc(-c2ccc(CO)c(C#CCNC(=O)OCc3ccccc3)c2)cc1. The van der Waals surface area contributed by atoms with Crippen molar-refractivity contribution in [2.75, 3.05) is 6.54 Å². The first-order valence-corrected chi connectivity index (χ1v) is 15.4. The lowest BCUT2D eigenvalue weighted by molar-refractivity contribution is 0.141. The quantitative estimate of drug-likeness (QED) is 0.260. The molecular weight excluding hydrogens is 478 g/mol. The van der Waals surface area contributed by atoms with Crippen LogP contribution in [0.15, 0.2) is 72.8 Å². The standard InChI is InChI=1S/C31H37NO4Si/c1-31(2,3)37(4,5)36-23-25-13-15-26(16-14-25)28-17-18-29(21-33)27(20-28)12-9-19-32-30(34)35-22-24-10-7-6-8-11-24/h6-8,10-11,13-18,20,33H,19,21-23H2,1-5H3,(H,32,34). The molecule has 0 bridgehead atoms. The molecule has 0 radical (unpaired) electrons. The highest BCUT2D eigenvalue weighted by molar-refractivity contribution is 6.74. The molecule has 0 saturated heterocycles. The number of amides is 1. The first kappa shape index (κ1) is 28.2. The smallest absolute Gasteiger partial charge is 0.408 e. The minimum atomic E-state index is -1.80. The van der Waals surface area contributed by atoms with E-state index in [1.54, 1.807) is 0 Å². The average molecular weight is 516 g/mol. The summed E-state index contributed by atoms with van der Waals surface area (Å²) in [5, 5.41) is 12.6. The number of nitrogens with one attached hydrogen (secondary N) is 1. The third kappa shape index (κ3) is 8.33. The van der Waals surface area contributed by atoms with Gasteiger partial charge in [-0.15, -0.1) is 0 Å². The third-order valence-corrected chi connectivity index (χ3v) is 11.2. The van der Waals surface area contributed by atoms with Crippen molar-refractivity contribution in [3.63, 3.8) is 0 Å². The third-order valence-electron chi connectivity index (χ3n) is 6.73. The number of carbonyl (C=O) groups excluding carboxylic acids is 1. The van der Waals surface area contributed by atoms with Crippen LogP contribution in [0.25, 0.3) is 11.1 Å². The van der Waals surface area contributed by atoms with Crippen molar-refractivity contribution in [1.29, 1.82) is 0 Å². The predicted octanol–water partition coefficient (Wildman–Crippen LogP) is 6.65. The average Bonchev–Trinajstić information content (AvgIpc) is 2.89. The van der Waals surface area contributed by atoms with E-state index in [0.29, 0.717) is 6.61 Å². The zero-order valence-electron chi connectivity index (χ0n) is 22.4. The van der Waals surface area contributed by atoms with E-state index in [-0.39, 0.29) is 24.8 Å². The summed E-state index contributed by atoms with van der Waals surface area (Å²) in [6.07, 6.45) is -0.521. The molecule has 0 atom stereocenters. The molecule has 0 aromatic heterocycles. The molecule has 3 aromatic rings. The van der Waals surface area contributed by atoms with Gasteiger partial charge in [-0.05, 0) is 52.0 Å². The molecule has 0 aliphatic rings. The molecule has 0 aliphatic heterocycles. The van der Waals surface area contributed by atoms with Gasteiger partial charge in [0.05, 0.1) is 19.8 Å². The monoisotopic (exact) mass is 515 g/mol. The summed E-state index contributed by atoms with van der Waals surface area (Å²) >= 11 is 0. The Morgan fingerprint density at radius 3 is 2.22 bits per heavy atom. The second-order valence-corrected chi connectivity index (χ2v) is 15.3. The summed E-state index contributed by atoms with van der Waals surface area (Å²) in [7, 11) is -1.80. The number of aliphatic hydroxyl groups excluding tert-OH is 1. The van der Waals surface area contributed by atoms with Crippen LogP contribution in [0.3, 0.4) is 0 Å². The maximum absolute atomic E-state index is 11.9. The fourth-order valence-corrected chi connectivity index (χ4v) is 4.27. The molecule has 5 nitrogen and oxygen atoms in total. The predicted molar refractivity (Wildman–Crippen MR) is 151 cm³/mol. The van der Waals surface area contributed by atoms with Crippen LogP contribution in [0, 0.1) is 11.8 Å². The highest BCUT2D eigenvalue weighted by atomic mass is 28.4. The van der Waals surface area contributed by atoms with Crippen LogP contribution >= 0.6 is 0 Å². The van der Waals surface area contributed by atoms with Crippen LogP contribution in [0.4, 0.5) is 4.79 Å². The largest absolute Gasteiger partial charge is 0.445 e. The number of hydrogen-bond acceptors (Lipinski definition) is 4. The summed E-state index contributed by atoms with van der Waals surface area (Å²) in [4.78, 5) is 11.9. The number of aliphatic hydroxyl groups is 1. The molecule has 0 unspecified atom stereocenters. The lowest BCUT2D eigenvalue weighted by Gasteiger charge is -2.36. The fourth-order valence-electron chi connectivity index (χ4n) is 3.31. The van der Waals surface area contributed by atoms with Crippen molar-refractivity contribution >= 4 is 14.4 Å². The van der Waals surface area contributed by atoms with E-state index >= 15 is 0 Å². The van der Waals surface area contributed by atoms with E-state index in [1.807, 2.05) is 48.5 Å². The summed E-state index contributed by atoms with van der Waals surface area (Å²) in [5.74, 6) is 6.02. The van der Waals surface area contributed by atoms with Gasteiger partial charge in [0, 0.05) is 5.56 Å². The van der Waals surface area contributed by atoms with Crippen LogP contribution in [-0.4, -0.2) is 26.1 Å².